The molecule has 1 rings (SSSR count). The molecule has 18 heavy (non-hydrogen) atoms. The van der Waals surface area contributed by atoms with Crippen molar-refractivity contribution in [2.24, 2.45) is 0 Å². The average Bonchev–Trinajstić information content (AvgIpc) is 2.41. The number of aryl methyl sites for hydroxylation is 1. The topological polar surface area (TPSA) is 9.23 Å². The van der Waals surface area contributed by atoms with Gasteiger partial charge in [0, 0.05) is 30.4 Å². The molecule has 0 spiro atoms. The summed E-state index contributed by atoms with van der Waals surface area (Å²) in [5.41, 5.74) is 2.36. The largest absolute Gasteiger partial charge is 0.382 e. The third-order valence-corrected chi connectivity index (χ3v) is 4.35. The standard InChI is InChI=1S/C15H22Cl2O/c1-3-18-10-4-9-15(11-16,12-17)14-7-5-13(2)6-8-14/h5-8H,3-4,9-12H2,1-2H3. The Bertz CT molecular complexity index is 331. The molecule has 0 saturated heterocycles. The van der Waals surface area contributed by atoms with Crippen molar-refractivity contribution < 1.29 is 4.74 Å². The Kier molecular flexibility index (Phi) is 7.06. The van der Waals surface area contributed by atoms with E-state index in [9.17, 15) is 0 Å². The quantitative estimate of drug-likeness (QED) is 0.505. The Labute approximate surface area is 120 Å². The Morgan fingerprint density at radius 1 is 1.11 bits per heavy atom. The maximum atomic E-state index is 6.19. The third-order valence-electron chi connectivity index (χ3n) is 3.32. The van der Waals surface area contributed by atoms with Crippen LogP contribution >= 0.6 is 23.2 Å². The van der Waals surface area contributed by atoms with Crippen molar-refractivity contribution >= 4 is 23.2 Å². The van der Waals surface area contributed by atoms with Crippen molar-refractivity contribution in [2.45, 2.75) is 32.1 Å². The van der Waals surface area contributed by atoms with Crippen LogP contribution in [0.15, 0.2) is 24.3 Å². The second-order valence-corrected chi connectivity index (χ2v) is 5.25. The molecule has 3 heteroatoms. The molecule has 1 aromatic rings. The molecule has 0 aliphatic carbocycles. The molecule has 0 aromatic heterocycles. The maximum Gasteiger partial charge on any atom is 0.0466 e. The fourth-order valence-electron chi connectivity index (χ4n) is 2.03. The Morgan fingerprint density at radius 3 is 2.22 bits per heavy atom. The van der Waals surface area contributed by atoms with Crippen molar-refractivity contribution in [3.63, 3.8) is 0 Å². The van der Waals surface area contributed by atoms with Gasteiger partial charge in [-0.05, 0) is 32.3 Å². The van der Waals surface area contributed by atoms with Crippen LogP contribution in [0.2, 0.25) is 0 Å². The molecule has 0 unspecified atom stereocenters. The highest BCUT2D eigenvalue weighted by atomic mass is 35.5. The van der Waals surface area contributed by atoms with Gasteiger partial charge < -0.3 is 4.74 Å². The Balaban J connectivity index is 2.75. The van der Waals surface area contributed by atoms with Gasteiger partial charge in [-0.25, -0.2) is 0 Å². The summed E-state index contributed by atoms with van der Waals surface area (Å²) in [5, 5.41) is 0. The van der Waals surface area contributed by atoms with Gasteiger partial charge in [0.15, 0.2) is 0 Å². The molecule has 0 saturated carbocycles. The summed E-state index contributed by atoms with van der Waals surface area (Å²) in [6.07, 6.45) is 1.95. The SMILES string of the molecule is CCOCCCC(CCl)(CCl)c1ccc(C)cc1. The fraction of sp³-hybridized carbons (Fsp3) is 0.600. The van der Waals surface area contributed by atoms with Gasteiger partial charge in [-0.15, -0.1) is 23.2 Å². The predicted octanol–water partition coefficient (Wildman–Crippen LogP) is 4.53. The van der Waals surface area contributed by atoms with Crippen LogP contribution in [-0.4, -0.2) is 25.0 Å². The summed E-state index contributed by atoms with van der Waals surface area (Å²) in [4.78, 5) is 0. The predicted molar refractivity (Wildman–Crippen MR) is 80.0 cm³/mol. The third kappa shape index (κ3) is 4.15. The molecule has 0 atom stereocenters. The summed E-state index contributed by atoms with van der Waals surface area (Å²) in [5.74, 6) is 1.09. The van der Waals surface area contributed by atoms with Crippen LogP contribution in [0, 0.1) is 6.92 Å². The molecule has 0 amide bonds. The molecule has 0 N–H and O–H groups in total. The van der Waals surface area contributed by atoms with Gasteiger partial charge in [-0.3, -0.25) is 0 Å². The second kappa shape index (κ2) is 8.04. The number of hydrogen-bond donors (Lipinski definition) is 0. The van der Waals surface area contributed by atoms with Crippen LogP contribution in [-0.2, 0) is 10.2 Å². The van der Waals surface area contributed by atoms with E-state index in [0.29, 0.717) is 11.8 Å². The lowest BCUT2D eigenvalue weighted by molar-refractivity contribution is 0.139. The molecule has 0 aliphatic heterocycles. The molecular weight excluding hydrogens is 267 g/mol. The average molecular weight is 289 g/mol. The van der Waals surface area contributed by atoms with E-state index in [1.54, 1.807) is 0 Å². The van der Waals surface area contributed by atoms with Crippen LogP contribution in [0.1, 0.15) is 30.9 Å². The van der Waals surface area contributed by atoms with Crippen molar-refractivity contribution in [3.05, 3.63) is 35.4 Å². The number of benzene rings is 1. The Hall–Kier alpha value is -0.240. The maximum absolute atomic E-state index is 6.19. The van der Waals surface area contributed by atoms with Gasteiger partial charge in [-0.1, -0.05) is 29.8 Å². The summed E-state index contributed by atoms with van der Waals surface area (Å²) in [6, 6.07) is 8.51. The summed E-state index contributed by atoms with van der Waals surface area (Å²) < 4.78 is 5.39. The number of hydrogen-bond acceptors (Lipinski definition) is 1. The smallest absolute Gasteiger partial charge is 0.0466 e. The van der Waals surface area contributed by atoms with Crippen molar-refractivity contribution in [1.82, 2.24) is 0 Å². The van der Waals surface area contributed by atoms with E-state index in [0.717, 1.165) is 26.1 Å². The Morgan fingerprint density at radius 2 is 1.72 bits per heavy atom. The summed E-state index contributed by atoms with van der Waals surface area (Å²) >= 11 is 12.4. The molecule has 1 aromatic carbocycles. The highest BCUT2D eigenvalue weighted by Gasteiger charge is 2.30. The fourth-order valence-corrected chi connectivity index (χ4v) is 2.89. The first kappa shape index (κ1) is 15.8. The van der Waals surface area contributed by atoms with Crippen molar-refractivity contribution in [3.8, 4) is 0 Å². The molecule has 0 heterocycles. The van der Waals surface area contributed by atoms with Gasteiger partial charge in [0.25, 0.3) is 0 Å². The zero-order valence-corrected chi connectivity index (χ0v) is 12.7. The van der Waals surface area contributed by atoms with Crippen LogP contribution in [0.5, 0.6) is 0 Å². The van der Waals surface area contributed by atoms with Crippen molar-refractivity contribution in [1.29, 1.82) is 0 Å². The minimum atomic E-state index is -0.131. The van der Waals surface area contributed by atoms with Crippen LogP contribution in [0.3, 0.4) is 0 Å². The zero-order chi connectivity index (χ0) is 13.4. The number of alkyl halides is 2. The van der Waals surface area contributed by atoms with E-state index in [2.05, 4.69) is 31.2 Å². The van der Waals surface area contributed by atoms with Gasteiger partial charge in [0.2, 0.25) is 0 Å². The van der Waals surface area contributed by atoms with E-state index in [4.69, 9.17) is 27.9 Å². The monoisotopic (exact) mass is 288 g/mol. The molecule has 0 radical (unpaired) electrons. The lowest BCUT2D eigenvalue weighted by Gasteiger charge is -2.30. The molecule has 1 nitrogen and oxygen atoms in total. The van der Waals surface area contributed by atoms with E-state index in [1.165, 1.54) is 11.1 Å². The summed E-state index contributed by atoms with van der Waals surface area (Å²) in [7, 11) is 0. The van der Waals surface area contributed by atoms with Gasteiger partial charge in [-0.2, -0.15) is 0 Å². The molecule has 0 aliphatic rings. The lowest BCUT2D eigenvalue weighted by atomic mass is 9.80. The van der Waals surface area contributed by atoms with E-state index in [1.807, 2.05) is 6.92 Å². The highest BCUT2D eigenvalue weighted by Crippen LogP contribution is 2.32. The number of halogens is 2. The van der Waals surface area contributed by atoms with Gasteiger partial charge in [0.1, 0.15) is 0 Å². The normalized spacial score (nSPS) is 11.8. The molecule has 0 bridgehead atoms. The highest BCUT2D eigenvalue weighted by molar-refractivity contribution is 6.22. The van der Waals surface area contributed by atoms with Crippen LogP contribution in [0.4, 0.5) is 0 Å². The zero-order valence-electron chi connectivity index (χ0n) is 11.2. The summed E-state index contributed by atoms with van der Waals surface area (Å²) in [6.45, 7) is 5.63. The lowest BCUT2D eigenvalue weighted by Crippen LogP contribution is -2.31. The van der Waals surface area contributed by atoms with Crippen LogP contribution in [0.25, 0.3) is 0 Å². The minimum absolute atomic E-state index is 0.131. The minimum Gasteiger partial charge on any atom is -0.382 e. The molecular formula is C15H22Cl2O. The first-order chi connectivity index (χ1) is 8.68. The van der Waals surface area contributed by atoms with Crippen molar-refractivity contribution in [2.75, 3.05) is 25.0 Å². The second-order valence-electron chi connectivity index (χ2n) is 4.71. The van der Waals surface area contributed by atoms with E-state index < -0.39 is 0 Å². The first-order valence-electron chi connectivity index (χ1n) is 6.45. The van der Waals surface area contributed by atoms with Crippen LogP contribution < -0.4 is 0 Å². The first-order valence-corrected chi connectivity index (χ1v) is 7.52. The van der Waals surface area contributed by atoms with Gasteiger partial charge in [0.05, 0.1) is 0 Å². The van der Waals surface area contributed by atoms with E-state index >= 15 is 0 Å². The number of ether oxygens (including phenoxy) is 1. The molecule has 0 fully saturated rings. The van der Waals surface area contributed by atoms with E-state index in [-0.39, 0.29) is 5.41 Å². The van der Waals surface area contributed by atoms with Gasteiger partial charge >= 0.3 is 0 Å². The molecule has 102 valence electrons. The number of rotatable bonds is 8.